The number of nitrogens with one attached hydrogen (secondary N) is 2. The number of hydrogen-bond acceptors (Lipinski definition) is 6. The zero-order valence-electron chi connectivity index (χ0n) is 19.0. The van der Waals surface area contributed by atoms with Crippen LogP contribution in [0.4, 0.5) is 5.69 Å². The quantitative estimate of drug-likeness (QED) is 0.301. The molecule has 0 amide bonds. The Kier molecular flexibility index (Phi) is 5.81. The van der Waals surface area contributed by atoms with Crippen molar-refractivity contribution in [1.82, 2.24) is 10.3 Å². The molecule has 2 N–H and O–H groups in total. The van der Waals surface area contributed by atoms with E-state index in [1.807, 2.05) is 24.3 Å². The van der Waals surface area contributed by atoms with Gasteiger partial charge in [0.25, 0.3) is 5.69 Å². The first-order valence-corrected chi connectivity index (χ1v) is 11.0. The summed E-state index contributed by atoms with van der Waals surface area (Å²) in [6.07, 6.45) is 0.937. The number of methoxy groups -OCH3 is 2. The second kappa shape index (κ2) is 9.07. The molecule has 0 saturated carbocycles. The molecule has 3 aromatic carbocycles. The van der Waals surface area contributed by atoms with Gasteiger partial charge in [-0.05, 0) is 65.6 Å². The number of nitro groups is 1. The van der Waals surface area contributed by atoms with Crippen molar-refractivity contribution in [3.05, 3.63) is 93.2 Å². The third-order valence-electron chi connectivity index (χ3n) is 6.22. The smallest absolute Gasteiger partial charge is 0.269 e. The molecule has 0 aliphatic carbocycles. The lowest BCUT2D eigenvalue weighted by molar-refractivity contribution is -0.384. The van der Waals surface area contributed by atoms with E-state index in [9.17, 15) is 10.1 Å². The highest BCUT2D eigenvalue weighted by atomic mass is 16.6. The van der Waals surface area contributed by atoms with Crippen LogP contribution in [0.15, 0.2) is 60.7 Å². The third kappa shape index (κ3) is 4.04. The molecule has 0 radical (unpaired) electrons. The number of non-ortho nitro benzene ring substituents is 1. The average molecular weight is 460 g/mol. The van der Waals surface area contributed by atoms with Crippen molar-refractivity contribution < 1.29 is 19.1 Å². The number of ether oxygens (including phenoxy) is 3. The van der Waals surface area contributed by atoms with Crippen LogP contribution in [0.3, 0.4) is 0 Å². The molecule has 2 heterocycles. The molecule has 8 heteroatoms. The van der Waals surface area contributed by atoms with Crippen molar-refractivity contribution in [2.75, 3.05) is 20.8 Å². The fourth-order valence-corrected chi connectivity index (χ4v) is 4.48. The second-order valence-electron chi connectivity index (χ2n) is 8.19. The lowest BCUT2D eigenvalue weighted by Gasteiger charge is -2.25. The van der Waals surface area contributed by atoms with Gasteiger partial charge in [0.2, 0.25) is 0 Å². The standard InChI is InChI=1S/C26H25N3O5/c1-32-19-8-9-22-21(14-19)20-11-12-27-25(26(20)28-22)17-5-10-23(24(13-17)33-2)34-15-16-3-6-18(7-4-16)29(30)31/h3-10,13-14,25,27-28H,11-12,15H2,1-2H3. The van der Waals surface area contributed by atoms with E-state index in [0.29, 0.717) is 11.5 Å². The summed E-state index contributed by atoms with van der Waals surface area (Å²) in [7, 11) is 3.30. The molecule has 0 saturated heterocycles. The topological polar surface area (TPSA) is 98.7 Å². The number of nitrogens with zero attached hydrogens (tertiary/aromatic N) is 1. The third-order valence-corrected chi connectivity index (χ3v) is 6.22. The maximum absolute atomic E-state index is 10.8. The predicted octanol–water partition coefficient (Wildman–Crippen LogP) is 4.91. The number of hydrogen-bond donors (Lipinski definition) is 2. The zero-order valence-corrected chi connectivity index (χ0v) is 19.0. The highest BCUT2D eigenvalue weighted by Gasteiger charge is 2.26. The summed E-state index contributed by atoms with van der Waals surface area (Å²) < 4.78 is 17.0. The lowest BCUT2D eigenvalue weighted by Crippen LogP contribution is -2.30. The van der Waals surface area contributed by atoms with Crippen LogP contribution in [0.1, 0.15) is 28.4 Å². The molecule has 1 aromatic heterocycles. The number of aromatic amines is 1. The van der Waals surface area contributed by atoms with Crippen molar-refractivity contribution >= 4 is 16.6 Å². The summed E-state index contributed by atoms with van der Waals surface area (Å²) in [6.45, 7) is 1.14. The highest BCUT2D eigenvalue weighted by molar-refractivity contribution is 5.86. The fourth-order valence-electron chi connectivity index (χ4n) is 4.48. The number of nitro benzene ring substituents is 1. The van der Waals surface area contributed by atoms with Crippen LogP contribution in [0.25, 0.3) is 10.9 Å². The number of benzene rings is 3. The van der Waals surface area contributed by atoms with Crippen LogP contribution >= 0.6 is 0 Å². The van der Waals surface area contributed by atoms with Gasteiger partial charge in [-0.2, -0.15) is 0 Å². The van der Waals surface area contributed by atoms with E-state index in [4.69, 9.17) is 14.2 Å². The van der Waals surface area contributed by atoms with E-state index in [1.54, 1.807) is 26.4 Å². The normalized spacial score (nSPS) is 15.1. The molecule has 1 atom stereocenters. The molecule has 0 bridgehead atoms. The summed E-state index contributed by atoms with van der Waals surface area (Å²) in [5.74, 6) is 2.09. The van der Waals surface area contributed by atoms with Gasteiger partial charge < -0.3 is 24.5 Å². The van der Waals surface area contributed by atoms with E-state index in [0.717, 1.165) is 41.1 Å². The summed E-state index contributed by atoms with van der Waals surface area (Å²) in [6, 6.07) is 18.4. The summed E-state index contributed by atoms with van der Waals surface area (Å²) in [4.78, 5) is 14.0. The largest absolute Gasteiger partial charge is 0.497 e. The Hall–Kier alpha value is -4.04. The summed E-state index contributed by atoms with van der Waals surface area (Å²) >= 11 is 0. The van der Waals surface area contributed by atoms with Crippen LogP contribution in [-0.4, -0.2) is 30.7 Å². The number of H-pyrrole nitrogens is 1. The van der Waals surface area contributed by atoms with E-state index in [1.165, 1.54) is 23.1 Å². The van der Waals surface area contributed by atoms with Crippen LogP contribution < -0.4 is 19.5 Å². The molecule has 1 aliphatic rings. The Balaban J connectivity index is 1.40. The van der Waals surface area contributed by atoms with E-state index in [2.05, 4.69) is 22.4 Å². The van der Waals surface area contributed by atoms with E-state index < -0.39 is 4.92 Å². The average Bonchev–Trinajstić information content (AvgIpc) is 3.25. The van der Waals surface area contributed by atoms with Crippen LogP contribution in [0, 0.1) is 10.1 Å². The molecule has 34 heavy (non-hydrogen) atoms. The minimum Gasteiger partial charge on any atom is -0.497 e. The number of rotatable bonds is 7. The molecule has 174 valence electrons. The molecule has 4 aromatic rings. The van der Waals surface area contributed by atoms with Crippen molar-refractivity contribution in [2.45, 2.75) is 19.1 Å². The molecule has 0 spiro atoms. The molecule has 5 rings (SSSR count). The lowest BCUT2D eigenvalue weighted by atomic mass is 9.94. The van der Waals surface area contributed by atoms with Crippen LogP contribution in [0.5, 0.6) is 17.2 Å². The summed E-state index contributed by atoms with van der Waals surface area (Å²) in [5, 5.41) is 15.6. The first-order valence-electron chi connectivity index (χ1n) is 11.0. The molecule has 8 nitrogen and oxygen atoms in total. The zero-order chi connectivity index (χ0) is 23.7. The van der Waals surface area contributed by atoms with Crippen molar-refractivity contribution in [1.29, 1.82) is 0 Å². The Labute approximate surface area is 196 Å². The maximum atomic E-state index is 10.8. The van der Waals surface area contributed by atoms with Gasteiger partial charge in [0.1, 0.15) is 12.4 Å². The highest BCUT2D eigenvalue weighted by Crippen LogP contribution is 2.38. The second-order valence-corrected chi connectivity index (χ2v) is 8.19. The van der Waals surface area contributed by atoms with Gasteiger partial charge in [0.05, 0.1) is 25.2 Å². The van der Waals surface area contributed by atoms with Gasteiger partial charge >= 0.3 is 0 Å². The monoisotopic (exact) mass is 459 g/mol. The fraction of sp³-hybridized carbons (Fsp3) is 0.231. The predicted molar refractivity (Wildman–Crippen MR) is 129 cm³/mol. The van der Waals surface area contributed by atoms with Gasteiger partial charge in [-0.25, -0.2) is 0 Å². The number of fused-ring (bicyclic) bond motifs is 3. The SMILES string of the molecule is COc1ccc2[nH]c3c(c2c1)CCNC3c1ccc(OCc2ccc([N+](=O)[O-])cc2)c(OC)c1. The van der Waals surface area contributed by atoms with E-state index in [-0.39, 0.29) is 18.3 Å². The van der Waals surface area contributed by atoms with Gasteiger partial charge in [-0.15, -0.1) is 0 Å². The first kappa shape index (κ1) is 21.8. The number of aromatic nitrogens is 1. The summed E-state index contributed by atoms with van der Waals surface area (Å²) in [5.41, 5.74) is 5.50. The van der Waals surface area contributed by atoms with Gasteiger partial charge in [-0.1, -0.05) is 6.07 Å². The van der Waals surface area contributed by atoms with Crippen molar-refractivity contribution in [3.63, 3.8) is 0 Å². The molecular formula is C26H25N3O5. The minimum absolute atomic E-state index is 0.000215. The molecule has 0 fully saturated rings. The van der Waals surface area contributed by atoms with Crippen LogP contribution in [-0.2, 0) is 13.0 Å². The van der Waals surface area contributed by atoms with Gasteiger partial charge in [0.15, 0.2) is 11.5 Å². The Morgan fingerprint density at radius 2 is 1.82 bits per heavy atom. The Morgan fingerprint density at radius 1 is 1.00 bits per heavy atom. The molecule has 1 aliphatic heterocycles. The maximum Gasteiger partial charge on any atom is 0.269 e. The van der Waals surface area contributed by atoms with Gasteiger partial charge in [0, 0.05) is 35.3 Å². The van der Waals surface area contributed by atoms with Crippen LogP contribution in [0.2, 0.25) is 0 Å². The minimum atomic E-state index is -0.416. The van der Waals surface area contributed by atoms with Crippen molar-refractivity contribution in [2.24, 2.45) is 0 Å². The van der Waals surface area contributed by atoms with E-state index >= 15 is 0 Å². The molecular weight excluding hydrogens is 434 g/mol. The van der Waals surface area contributed by atoms with Gasteiger partial charge in [-0.3, -0.25) is 10.1 Å². The molecule has 1 unspecified atom stereocenters. The van der Waals surface area contributed by atoms with Crippen molar-refractivity contribution in [3.8, 4) is 17.2 Å². The Bertz CT molecular complexity index is 1350. The first-order chi connectivity index (χ1) is 16.6. The Morgan fingerprint density at radius 3 is 2.56 bits per heavy atom.